The Morgan fingerprint density at radius 1 is 1.39 bits per heavy atom. The Morgan fingerprint density at radius 2 is 2.13 bits per heavy atom. The SMILES string of the molecule is CC(C)(C)c1cnc(NC(=O)C2(n3cccn3)CCNCC2)s1. The van der Waals surface area contributed by atoms with E-state index in [0.29, 0.717) is 5.13 Å². The van der Waals surface area contributed by atoms with E-state index in [-0.39, 0.29) is 11.3 Å². The smallest absolute Gasteiger partial charge is 0.254 e. The fraction of sp³-hybridized carbons (Fsp3) is 0.562. The van der Waals surface area contributed by atoms with Gasteiger partial charge in [0, 0.05) is 23.5 Å². The van der Waals surface area contributed by atoms with Crippen LogP contribution in [0.4, 0.5) is 5.13 Å². The maximum Gasteiger partial charge on any atom is 0.254 e. The van der Waals surface area contributed by atoms with E-state index >= 15 is 0 Å². The number of hydrogen-bond donors (Lipinski definition) is 2. The van der Waals surface area contributed by atoms with Crippen molar-refractivity contribution in [3.8, 4) is 0 Å². The molecule has 0 atom stereocenters. The molecule has 0 radical (unpaired) electrons. The number of thiazole rings is 1. The van der Waals surface area contributed by atoms with Crippen molar-refractivity contribution in [2.45, 2.75) is 44.6 Å². The molecule has 0 aromatic carbocycles. The van der Waals surface area contributed by atoms with Gasteiger partial charge in [0.2, 0.25) is 0 Å². The summed E-state index contributed by atoms with van der Waals surface area (Å²) in [6.45, 7) is 8.04. The molecule has 3 rings (SSSR count). The van der Waals surface area contributed by atoms with Crippen LogP contribution in [0.3, 0.4) is 0 Å². The highest BCUT2D eigenvalue weighted by molar-refractivity contribution is 7.15. The van der Waals surface area contributed by atoms with Gasteiger partial charge in [-0.15, -0.1) is 11.3 Å². The molecular formula is C16H23N5OS. The predicted molar refractivity (Wildman–Crippen MR) is 91.7 cm³/mol. The molecule has 3 heterocycles. The molecule has 1 saturated heterocycles. The van der Waals surface area contributed by atoms with Crippen molar-refractivity contribution in [3.63, 3.8) is 0 Å². The first-order chi connectivity index (χ1) is 10.9. The van der Waals surface area contributed by atoms with E-state index in [4.69, 9.17) is 0 Å². The van der Waals surface area contributed by atoms with E-state index in [1.54, 1.807) is 10.9 Å². The molecule has 0 unspecified atom stereocenters. The summed E-state index contributed by atoms with van der Waals surface area (Å²) in [4.78, 5) is 18.5. The molecule has 0 bridgehead atoms. The molecule has 7 heteroatoms. The maximum atomic E-state index is 13.0. The van der Waals surface area contributed by atoms with Crippen LogP contribution >= 0.6 is 11.3 Å². The Kier molecular flexibility index (Phi) is 4.25. The van der Waals surface area contributed by atoms with Gasteiger partial charge in [-0.1, -0.05) is 20.8 Å². The summed E-state index contributed by atoms with van der Waals surface area (Å²) in [7, 11) is 0. The number of hydrogen-bond acceptors (Lipinski definition) is 5. The molecule has 0 spiro atoms. The van der Waals surface area contributed by atoms with Gasteiger partial charge in [-0.2, -0.15) is 5.10 Å². The summed E-state index contributed by atoms with van der Waals surface area (Å²) in [6, 6.07) is 1.86. The predicted octanol–water partition coefficient (Wildman–Crippen LogP) is 2.35. The van der Waals surface area contributed by atoms with Crippen LogP contribution in [0.1, 0.15) is 38.5 Å². The molecule has 1 fully saturated rings. The van der Waals surface area contributed by atoms with E-state index in [1.807, 2.05) is 18.5 Å². The Balaban J connectivity index is 1.83. The van der Waals surface area contributed by atoms with Crippen molar-refractivity contribution in [2.75, 3.05) is 18.4 Å². The van der Waals surface area contributed by atoms with Crippen LogP contribution in [-0.2, 0) is 15.7 Å². The molecular weight excluding hydrogens is 310 g/mol. The second kappa shape index (κ2) is 6.05. The lowest BCUT2D eigenvalue weighted by molar-refractivity contribution is -0.126. The van der Waals surface area contributed by atoms with Crippen molar-refractivity contribution in [1.82, 2.24) is 20.1 Å². The molecule has 1 aliphatic heterocycles. The summed E-state index contributed by atoms with van der Waals surface area (Å²) < 4.78 is 1.79. The molecule has 1 aliphatic rings. The van der Waals surface area contributed by atoms with Gasteiger partial charge in [0.05, 0.1) is 0 Å². The van der Waals surface area contributed by atoms with Gasteiger partial charge in [0.15, 0.2) is 5.13 Å². The molecule has 124 valence electrons. The zero-order chi connectivity index (χ0) is 16.5. The van der Waals surface area contributed by atoms with Crippen LogP contribution < -0.4 is 10.6 Å². The number of carbonyl (C=O) groups is 1. The Labute approximate surface area is 140 Å². The molecule has 23 heavy (non-hydrogen) atoms. The summed E-state index contributed by atoms with van der Waals surface area (Å²) in [5, 5.41) is 11.3. The van der Waals surface area contributed by atoms with Gasteiger partial charge in [-0.25, -0.2) is 4.98 Å². The minimum absolute atomic E-state index is 0.0301. The third-order valence-corrected chi connectivity index (χ3v) is 5.60. The third-order valence-electron chi connectivity index (χ3n) is 4.26. The maximum absolute atomic E-state index is 13.0. The molecule has 0 aliphatic carbocycles. The normalized spacial score (nSPS) is 17.9. The standard InChI is InChI=1S/C16H23N5OS/c1-15(2,3)12-11-18-14(23-12)20-13(22)16(5-8-17-9-6-16)21-10-4-7-19-21/h4,7,10-11,17H,5-6,8-9H2,1-3H3,(H,18,20,22). The summed E-state index contributed by atoms with van der Waals surface area (Å²) in [5.41, 5.74) is -0.600. The van der Waals surface area contributed by atoms with E-state index in [0.717, 1.165) is 30.8 Å². The lowest BCUT2D eigenvalue weighted by Gasteiger charge is -2.36. The lowest BCUT2D eigenvalue weighted by atomic mass is 9.87. The Bertz CT molecular complexity index is 665. The number of aromatic nitrogens is 3. The van der Waals surface area contributed by atoms with Crippen molar-refractivity contribution >= 4 is 22.4 Å². The lowest BCUT2D eigenvalue weighted by Crippen LogP contribution is -2.52. The number of rotatable bonds is 3. The minimum atomic E-state index is -0.637. The topological polar surface area (TPSA) is 71.8 Å². The zero-order valence-electron chi connectivity index (χ0n) is 13.8. The van der Waals surface area contributed by atoms with Crippen molar-refractivity contribution in [1.29, 1.82) is 0 Å². The van der Waals surface area contributed by atoms with Gasteiger partial charge in [0.25, 0.3) is 5.91 Å². The molecule has 1 amide bonds. The van der Waals surface area contributed by atoms with Gasteiger partial charge >= 0.3 is 0 Å². The van der Waals surface area contributed by atoms with E-state index < -0.39 is 5.54 Å². The number of carbonyl (C=O) groups excluding carboxylic acids is 1. The van der Waals surface area contributed by atoms with E-state index in [1.165, 1.54) is 11.3 Å². The summed E-state index contributed by atoms with van der Waals surface area (Å²) in [6.07, 6.45) is 6.88. The Morgan fingerprint density at radius 3 is 2.70 bits per heavy atom. The largest absolute Gasteiger partial charge is 0.317 e. The molecule has 2 aromatic rings. The van der Waals surface area contributed by atoms with Crippen LogP contribution in [0.15, 0.2) is 24.7 Å². The summed E-state index contributed by atoms with van der Waals surface area (Å²) in [5.74, 6) is -0.0301. The van der Waals surface area contributed by atoms with Crippen LogP contribution in [0.2, 0.25) is 0 Å². The molecule has 2 N–H and O–H groups in total. The minimum Gasteiger partial charge on any atom is -0.317 e. The van der Waals surface area contributed by atoms with Crippen molar-refractivity contribution in [3.05, 3.63) is 29.5 Å². The van der Waals surface area contributed by atoms with Crippen molar-refractivity contribution < 1.29 is 4.79 Å². The van der Waals surface area contributed by atoms with E-state index in [2.05, 4.69) is 41.5 Å². The fourth-order valence-electron chi connectivity index (χ4n) is 2.81. The van der Waals surface area contributed by atoms with Gasteiger partial charge in [-0.05, 0) is 37.4 Å². The first-order valence-corrected chi connectivity index (χ1v) is 8.72. The quantitative estimate of drug-likeness (QED) is 0.904. The number of piperidine rings is 1. The van der Waals surface area contributed by atoms with Gasteiger partial charge < -0.3 is 5.32 Å². The highest BCUT2D eigenvalue weighted by Crippen LogP contribution is 2.32. The average molecular weight is 333 g/mol. The first kappa shape index (κ1) is 16.1. The van der Waals surface area contributed by atoms with Crippen LogP contribution in [0.5, 0.6) is 0 Å². The first-order valence-electron chi connectivity index (χ1n) is 7.90. The number of nitrogens with zero attached hydrogens (tertiary/aromatic N) is 3. The highest BCUT2D eigenvalue weighted by atomic mass is 32.1. The second-order valence-electron chi connectivity index (χ2n) is 6.97. The van der Waals surface area contributed by atoms with Crippen LogP contribution in [0.25, 0.3) is 0 Å². The molecule has 0 saturated carbocycles. The summed E-state index contributed by atoms with van der Waals surface area (Å²) >= 11 is 1.54. The number of amides is 1. The average Bonchev–Trinajstić information content (AvgIpc) is 3.19. The third kappa shape index (κ3) is 3.16. The van der Waals surface area contributed by atoms with Gasteiger partial charge in [-0.3, -0.25) is 14.8 Å². The fourth-order valence-corrected chi connectivity index (χ4v) is 3.68. The van der Waals surface area contributed by atoms with Crippen LogP contribution in [0, 0.1) is 0 Å². The van der Waals surface area contributed by atoms with Gasteiger partial charge in [0.1, 0.15) is 5.54 Å². The monoisotopic (exact) mass is 333 g/mol. The number of anilines is 1. The molecule has 6 nitrogen and oxygen atoms in total. The highest BCUT2D eigenvalue weighted by Gasteiger charge is 2.42. The second-order valence-corrected chi connectivity index (χ2v) is 8.00. The zero-order valence-corrected chi connectivity index (χ0v) is 14.6. The Hall–Kier alpha value is -1.73. The number of nitrogens with one attached hydrogen (secondary N) is 2. The van der Waals surface area contributed by atoms with E-state index in [9.17, 15) is 4.79 Å². The van der Waals surface area contributed by atoms with Crippen LogP contribution in [-0.4, -0.2) is 33.8 Å². The molecule has 2 aromatic heterocycles. The van der Waals surface area contributed by atoms with Crippen molar-refractivity contribution in [2.24, 2.45) is 0 Å².